The van der Waals surface area contributed by atoms with Crippen LogP contribution in [0.5, 0.6) is 0 Å². The molecule has 0 aliphatic rings. The molecule has 0 heterocycles. The van der Waals surface area contributed by atoms with Gasteiger partial charge in [0.1, 0.15) is 0 Å². The van der Waals surface area contributed by atoms with Gasteiger partial charge in [-0.3, -0.25) is 14.9 Å². The smallest absolute Gasteiger partial charge is 0.270 e. The van der Waals surface area contributed by atoms with E-state index < -0.39 is 4.92 Å². The lowest BCUT2D eigenvalue weighted by Gasteiger charge is -2.14. The number of carbonyl (C=O) groups excluding carboxylic acids is 1. The Hall–Kier alpha value is -1.27. The van der Waals surface area contributed by atoms with Crippen molar-refractivity contribution >= 4 is 35.0 Å². The van der Waals surface area contributed by atoms with Crippen LogP contribution in [0.15, 0.2) is 18.2 Å². The van der Waals surface area contributed by atoms with E-state index in [2.05, 4.69) is 12.2 Å². The van der Waals surface area contributed by atoms with Gasteiger partial charge in [-0.05, 0) is 30.9 Å². The number of rotatable bonds is 7. The fourth-order valence-corrected chi connectivity index (χ4v) is 2.59. The van der Waals surface area contributed by atoms with Crippen molar-refractivity contribution in [2.24, 2.45) is 0 Å². The van der Waals surface area contributed by atoms with Crippen molar-refractivity contribution in [2.75, 3.05) is 11.5 Å². The van der Waals surface area contributed by atoms with Gasteiger partial charge < -0.3 is 5.32 Å². The molecular formula is C13H17ClN2O3S. The van der Waals surface area contributed by atoms with Crippen molar-refractivity contribution in [1.82, 2.24) is 5.32 Å². The Labute approximate surface area is 127 Å². The maximum absolute atomic E-state index is 12.1. The summed E-state index contributed by atoms with van der Waals surface area (Å²) in [5.74, 6) is 1.62. The molecule has 1 atom stereocenters. The molecule has 1 aromatic carbocycles. The van der Waals surface area contributed by atoms with Crippen molar-refractivity contribution in [3.05, 3.63) is 38.9 Å². The molecule has 0 aliphatic carbocycles. The van der Waals surface area contributed by atoms with Gasteiger partial charge in [0.05, 0.1) is 15.5 Å². The van der Waals surface area contributed by atoms with Crippen LogP contribution in [0.3, 0.4) is 0 Å². The van der Waals surface area contributed by atoms with E-state index in [0.717, 1.165) is 17.9 Å². The van der Waals surface area contributed by atoms with Crippen LogP contribution in [0.4, 0.5) is 5.69 Å². The monoisotopic (exact) mass is 316 g/mol. The zero-order chi connectivity index (χ0) is 15.1. The van der Waals surface area contributed by atoms with Gasteiger partial charge in [-0.2, -0.15) is 11.8 Å². The van der Waals surface area contributed by atoms with Gasteiger partial charge in [-0.15, -0.1) is 0 Å². The highest BCUT2D eigenvalue weighted by Gasteiger charge is 2.17. The number of benzene rings is 1. The summed E-state index contributed by atoms with van der Waals surface area (Å²) in [6.45, 7) is 3.98. The standard InChI is InChI=1S/C13H17ClN2O3S/c1-3-20-7-6-9(2)15-13(17)11-8-10(16(18)19)4-5-12(11)14/h4-5,8-9H,3,6-7H2,1-2H3,(H,15,17). The number of hydrogen-bond acceptors (Lipinski definition) is 4. The summed E-state index contributed by atoms with van der Waals surface area (Å²) in [5.41, 5.74) is -0.00963. The fraction of sp³-hybridized carbons (Fsp3) is 0.462. The van der Waals surface area contributed by atoms with Crippen molar-refractivity contribution in [3.8, 4) is 0 Å². The summed E-state index contributed by atoms with van der Waals surface area (Å²) in [6, 6.07) is 3.84. The molecule has 5 nitrogen and oxygen atoms in total. The van der Waals surface area contributed by atoms with Crippen LogP contribution in [-0.2, 0) is 0 Å². The van der Waals surface area contributed by atoms with Crippen molar-refractivity contribution < 1.29 is 9.72 Å². The third kappa shape index (κ3) is 5.02. The molecule has 1 N–H and O–H groups in total. The minimum Gasteiger partial charge on any atom is -0.350 e. The number of nitro groups is 1. The van der Waals surface area contributed by atoms with Crippen LogP contribution in [0.1, 0.15) is 30.6 Å². The molecule has 20 heavy (non-hydrogen) atoms. The van der Waals surface area contributed by atoms with E-state index in [0.29, 0.717) is 0 Å². The first-order valence-electron chi connectivity index (χ1n) is 6.28. The largest absolute Gasteiger partial charge is 0.350 e. The van der Waals surface area contributed by atoms with Crippen LogP contribution < -0.4 is 5.32 Å². The molecule has 1 aromatic rings. The maximum Gasteiger partial charge on any atom is 0.270 e. The third-order valence-electron chi connectivity index (χ3n) is 2.68. The van der Waals surface area contributed by atoms with Crippen molar-refractivity contribution in [3.63, 3.8) is 0 Å². The summed E-state index contributed by atoms with van der Waals surface area (Å²) in [7, 11) is 0. The van der Waals surface area contributed by atoms with Gasteiger partial charge >= 0.3 is 0 Å². The SMILES string of the molecule is CCSCCC(C)NC(=O)c1cc([N+](=O)[O-])ccc1Cl. The maximum atomic E-state index is 12.1. The highest BCUT2D eigenvalue weighted by Crippen LogP contribution is 2.22. The Morgan fingerprint density at radius 1 is 1.55 bits per heavy atom. The van der Waals surface area contributed by atoms with E-state index in [-0.39, 0.29) is 28.2 Å². The molecule has 0 spiro atoms. The normalized spacial score (nSPS) is 11.9. The molecule has 0 saturated heterocycles. The minimum absolute atomic E-state index is 0.00289. The zero-order valence-electron chi connectivity index (χ0n) is 11.4. The predicted molar refractivity (Wildman–Crippen MR) is 82.7 cm³/mol. The Bertz CT molecular complexity index is 497. The van der Waals surface area contributed by atoms with E-state index in [1.165, 1.54) is 18.2 Å². The van der Waals surface area contributed by atoms with E-state index in [4.69, 9.17) is 11.6 Å². The second-order valence-electron chi connectivity index (χ2n) is 4.28. The first kappa shape index (κ1) is 16.8. The summed E-state index contributed by atoms with van der Waals surface area (Å²) < 4.78 is 0. The van der Waals surface area contributed by atoms with Gasteiger partial charge in [0, 0.05) is 18.2 Å². The molecule has 1 amide bonds. The number of non-ortho nitro benzene ring substituents is 1. The number of amides is 1. The second kappa shape index (κ2) is 8.11. The summed E-state index contributed by atoms with van der Waals surface area (Å²) >= 11 is 7.72. The summed E-state index contributed by atoms with van der Waals surface area (Å²) in [5, 5.41) is 13.7. The second-order valence-corrected chi connectivity index (χ2v) is 6.08. The number of nitrogens with one attached hydrogen (secondary N) is 1. The lowest BCUT2D eigenvalue weighted by atomic mass is 10.1. The topological polar surface area (TPSA) is 72.2 Å². The third-order valence-corrected chi connectivity index (χ3v) is 3.94. The van der Waals surface area contributed by atoms with Crippen LogP contribution in [0.2, 0.25) is 5.02 Å². The molecule has 0 fully saturated rings. The number of nitro benzene ring substituents is 1. The van der Waals surface area contributed by atoms with E-state index in [1.54, 1.807) is 11.8 Å². The van der Waals surface area contributed by atoms with Gasteiger partial charge in [0.2, 0.25) is 0 Å². The number of carbonyl (C=O) groups is 1. The summed E-state index contributed by atoms with van der Waals surface area (Å²) in [4.78, 5) is 22.2. The van der Waals surface area contributed by atoms with Gasteiger partial charge in [-0.1, -0.05) is 18.5 Å². The van der Waals surface area contributed by atoms with E-state index in [1.807, 2.05) is 6.92 Å². The van der Waals surface area contributed by atoms with Crippen LogP contribution >= 0.6 is 23.4 Å². The Kier molecular flexibility index (Phi) is 6.81. The van der Waals surface area contributed by atoms with E-state index in [9.17, 15) is 14.9 Å². The van der Waals surface area contributed by atoms with Crippen molar-refractivity contribution in [2.45, 2.75) is 26.3 Å². The van der Waals surface area contributed by atoms with Gasteiger partial charge in [-0.25, -0.2) is 0 Å². The van der Waals surface area contributed by atoms with Crippen molar-refractivity contribution in [1.29, 1.82) is 0 Å². The number of halogens is 1. The molecular weight excluding hydrogens is 300 g/mol. The van der Waals surface area contributed by atoms with Gasteiger partial charge in [0.25, 0.3) is 11.6 Å². The molecule has 7 heteroatoms. The lowest BCUT2D eigenvalue weighted by molar-refractivity contribution is -0.384. The number of nitrogens with zero attached hydrogens (tertiary/aromatic N) is 1. The van der Waals surface area contributed by atoms with Crippen LogP contribution in [0, 0.1) is 10.1 Å². The molecule has 0 bridgehead atoms. The highest BCUT2D eigenvalue weighted by molar-refractivity contribution is 7.99. The fourth-order valence-electron chi connectivity index (χ4n) is 1.58. The first-order chi connectivity index (χ1) is 9.45. The quantitative estimate of drug-likeness (QED) is 0.474. The Morgan fingerprint density at radius 3 is 2.85 bits per heavy atom. The lowest BCUT2D eigenvalue weighted by Crippen LogP contribution is -2.33. The molecule has 0 aromatic heterocycles. The molecule has 1 unspecified atom stereocenters. The van der Waals surface area contributed by atoms with E-state index >= 15 is 0 Å². The molecule has 0 radical (unpaired) electrons. The number of hydrogen-bond donors (Lipinski definition) is 1. The molecule has 0 aliphatic heterocycles. The predicted octanol–water partition coefficient (Wildman–Crippen LogP) is 3.51. The molecule has 1 rings (SSSR count). The summed E-state index contributed by atoms with van der Waals surface area (Å²) in [6.07, 6.45) is 0.844. The Morgan fingerprint density at radius 2 is 2.25 bits per heavy atom. The molecule has 0 saturated carbocycles. The average Bonchev–Trinajstić information content (AvgIpc) is 2.39. The molecule has 110 valence electrons. The zero-order valence-corrected chi connectivity index (χ0v) is 13.0. The van der Waals surface area contributed by atoms with Crippen LogP contribution in [-0.4, -0.2) is 28.4 Å². The average molecular weight is 317 g/mol. The van der Waals surface area contributed by atoms with Gasteiger partial charge in [0.15, 0.2) is 0 Å². The highest BCUT2D eigenvalue weighted by atomic mass is 35.5. The first-order valence-corrected chi connectivity index (χ1v) is 7.81. The number of thioether (sulfide) groups is 1. The van der Waals surface area contributed by atoms with Crippen LogP contribution in [0.25, 0.3) is 0 Å². The Balaban J connectivity index is 2.71. The minimum atomic E-state index is -0.547.